The van der Waals surface area contributed by atoms with Crippen LogP contribution in [0.2, 0.25) is 0 Å². The van der Waals surface area contributed by atoms with Crippen LogP contribution in [0, 0.1) is 0 Å². The molecule has 0 aliphatic rings. The van der Waals surface area contributed by atoms with Crippen LogP contribution in [0.25, 0.3) is 10.8 Å². The minimum absolute atomic E-state index is 0.141. The molecule has 0 aliphatic carbocycles. The Bertz CT molecular complexity index is 1190. The predicted molar refractivity (Wildman–Crippen MR) is 104 cm³/mol. The molecular formula is C21H16N4O. The van der Waals surface area contributed by atoms with Gasteiger partial charge in [-0.15, -0.1) is 0 Å². The molecule has 2 N–H and O–H groups in total. The summed E-state index contributed by atoms with van der Waals surface area (Å²) in [5.41, 5.74) is 7.45. The number of nitrogens with one attached hydrogen (secondary N) is 2. The van der Waals surface area contributed by atoms with Gasteiger partial charge in [0.05, 0.1) is 11.4 Å². The largest absolute Gasteiger partial charge is 0.287 e. The molecule has 0 heterocycles. The molecule has 5 nitrogen and oxygen atoms in total. The summed E-state index contributed by atoms with van der Waals surface area (Å²) in [7, 11) is 0. The smallest absolute Gasteiger partial charge is 0.216 e. The molecule has 0 saturated heterocycles. The average Bonchev–Trinajstić information content (AvgIpc) is 2.98. The second-order valence-electron chi connectivity index (χ2n) is 5.75. The van der Waals surface area contributed by atoms with E-state index in [0.29, 0.717) is 16.1 Å². The summed E-state index contributed by atoms with van der Waals surface area (Å²) < 4.78 is 0. The van der Waals surface area contributed by atoms with Crippen molar-refractivity contribution in [3.05, 3.63) is 106 Å². The van der Waals surface area contributed by atoms with Gasteiger partial charge in [-0.1, -0.05) is 60.7 Å². The van der Waals surface area contributed by atoms with Crippen molar-refractivity contribution in [1.29, 1.82) is 0 Å². The number of nitrogens with zero attached hydrogens (tertiary/aromatic N) is 2. The fourth-order valence-corrected chi connectivity index (χ4v) is 2.73. The normalized spacial score (nSPS) is 12.5. The summed E-state index contributed by atoms with van der Waals surface area (Å²) in [4.78, 5) is 12.8. The molecule has 0 saturated carbocycles. The van der Waals surface area contributed by atoms with Crippen LogP contribution < -0.4 is 27.0 Å². The van der Waals surface area contributed by atoms with Gasteiger partial charge in [-0.2, -0.15) is 10.2 Å². The van der Waals surface area contributed by atoms with E-state index in [9.17, 15) is 4.79 Å². The molecule has 0 amide bonds. The van der Waals surface area contributed by atoms with Gasteiger partial charge in [0.15, 0.2) is 5.36 Å². The second-order valence-corrected chi connectivity index (χ2v) is 5.75. The number of rotatable bonds is 4. The lowest BCUT2D eigenvalue weighted by atomic mass is 10.2. The van der Waals surface area contributed by atoms with Crippen LogP contribution in [0.3, 0.4) is 0 Å². The molecule has 0 atom stereocenters. The summed E-state index contributed by atoms with van der Waals surface area (Å²) in [6, 6.07) is 26.5. The molecule has 0 unspecified atom stereocenters. The van der Waals surface area contributed by atoms with Crippen molar-refractivity contribution in [3.63, 3.8) is 0 Å². The Morgan fingerprint density at radius 3 is 1.58 bits per heavy atom. The maximum Gasteiger partial charge on any atom is 0.216 e. The van der Waals surface area contributed by atoms with E-state index in [2.05, 4.69) is 21.1 Å². The topological polar surface area (TPSA) is 65.8 Å². The van der Waals surface area contributed by atoms with Gasteiger partial charge in [0.25, 0.3) is 0 Å². The van der Waals surface area contributed by atoms with Crippen LogP contribution in [0.5, 0.6) is 0 Å². The molecule has 126 valence electrons. The molecule has 4 rings (SSSR count). The highest BCUT2D eigenvalue weighted by atomic mass is 16.1. The SMILES string of the molecule is O=c1c(=N/Nc2ccccc2)/c(=N\Nc2ccccc2)c2ccccc12. The van der Waals surface area contributed by atoms with Crippen molar-refractivity contribution in [2.24, 2.45) is 10.2 Å². The Kier molecular flexibility index (Phi) is 4.26. The Morgan fingerprint density at radius 2 is 1.00 bits per heavy atom. The number of para-hydroxylation sites is 2. The zero-order chi connectivity index (χ0) is 17.8. The van der Waals surface area contributed by atoms with Crippen LogP contribution in [-0.4, -0.2) is 0 Å². The van der Waals surface area contributed by atoms with Crippen molar-refractivity contribution in [2.45, 2.75) is 0 Å². The number of hydrogen-bond donors (Lipinski definition) is 2. The molecule has 5 heteroatoms. The van der Waals surface area contributed by atoms with Gasteiger partial charge in [-0.05, 0) is 24.3 Å². The van der Waals surface area contributed by atoms with Crippen molar-refractivity contribution in [3.8, 4) is 0 Å². The molecule has 0 radical (unpaired) electrons. The summed E-state index contributed by atoms with van der Waals surface area (Å²) in [6.45, 7) is 0. The Hall–Kier alpha value is -3.73. The first kappa shape index (κ1) is 15.8. The molecule has 0 bridgehead atoms. The highest BCUT2D eigenvalue weighted by Crippen LogP contribution is 2.06. The van der Waals surface area contributed by atoms with Crippen molar-refractivity contribution >= 4 is 22.1 Å². The van der Waals surface area contributed by atoms with Crippen molar-refractivity contribution in [2.75, 3.05) is 10.9 Å². The first-order valence-corrected chi connectivity index (χ1v) is 8.25. The summed E-state index contributed by atoms with van der Waals surface area (Å²) >= 11 is 0. The number of anilines is 2. The van der Waals surface area contributed by atoms with Gasteiger partial charge < -0.3 is 0 Å². The molecule has 0 aromatic heterocycles. The summed E-state index contributed by atoms with van der Waals surface area (Å²) in [5.74, 6) is 0. The quantitative estimate of drug-likeness (QED) is 0.561. The molecule has 0 aliphatic heterocycles. The second kappa shape index (κ2) is 7.03. The molecule has 4 aromatic carbocycles. The summed E-state index contributed by atoms with van der Waals surface area (Å²) in [6.07, 6.45) is 0. The van der Waals surface area contributed by atoms with Crippen molar-refractivity contribution < 1.29 is 0 Å². The van der Waals surface area contributed by atoms with Gasteiger partial charge in [-0.3, -0.25) is 15.6 Å². The monoisotopic (exact) mass is 340 g/mol. The Labute approximate surface area is 149 Å². The van der Waals surface area contributed by atoms with Gasteiger partial charge >= 0.3 is 0 Å². The average molecular weight is 340 g/mol. The minimum atomic E-state index is -0.141. The molecular weight excluding hydrogens is 324 g/mol. The standard InChI is InChI=1S/C21H16N4O/c26-21-18-14-8-7-13-17(18)19(24-22-15-9-3-1-4-10-15)20(21)25-23-16-11-5-2-6-12-16/h1-14,22-23H/b24-19-,25-20+. The lowest BCUT2D eigenvalue weighted by molar-refractivity contribution is 1.14. The fourth-order valence-electron chi connectivity index (χ4n) is 2.73. The molecule has 0 spiro atoms. The number of benzene rings is 3. The van der Waals surface area contributed by atoms with Crippen LogP contribution in [0.4, 0.5) is 11.4 Å². The maximum atomic E-state index is 12.8. The lowest BCUT2D eigenvalue weighted by Crippen LogP contribution is -2.34. The molecule has 4 aromatic rings. The number of hydrogen-bond acceptors (Lipinski definition) is 5. The van der Waals surface area contributed by atoms with E-state index >= 15 is 0 Å². The van der Waals surface area contributed by atoms with E-state index in [1.807, 2.05) is 78.9 Å². The highest BCUT2D eigenvalue weighted by molar-refractivity contribution is 5.83. The first-order valence-electron chi connectivity index (χ1n) is 8.25. The maximum absolute atomic E-state index is 12.8. The van der Waals surface area contributed by atoms with E-state index in [4.69, 9.17) is 0 Å². The van der Waals surface area contributed by atoms with E-state index in [1.165, 1.54) is 0 Å². The van der Waals surface area contributed by atoms with E-state index in [-0.39, 0.29) is 5.43 Å². The third-order valence-electron chi connectivity index (χ3n) is 4.01. The van der Waals surface area contributed by atoms with E-state index in [0.717, 1.165) is 16.8 Å². The zero-order valence-electron chi connectivity index (χ0n) is 13.9. The lowest BCUT2D eigenvalue weighted by Gasteiger charge is -1.98. The van der Waals surface area contributed by atoms with Crippen LogP contribution >= 0.6 is 0 Å². The first-order chi connectivity index (χ1) is 12.8. The minimum Gasteiger partial charge on any atom is -0.287 e. The summed E-state index contributed by atoms with van der Waals surface area (Å²) in [5, 5.41) is 11.0. The van der Waals surface area contributed by atoms with Crippen LogP contribution in [0.15, 0.2) is 99.9 Å². The van der Waals surface area contributed by atoms with Gasteiger partial charge in [-0.25, -0.2) is 0 Å². The zero-order valence-corrected chi connectivity index (χ0v) is 13.9. The third kappa shape index (κ3) is 3.10. The third-order valence-corrected chi connectivity index (χ3v) is 4.01. The Balaban J connectivity index is 1.86. The van der Waals surface area contributed by atoms with Crippen molar-refractivity contribution in [1.82, 2.24) is 0 Å². The molecule has 0 fully saturated rings. The highest BCUT2D eigenvalue weighted by Gasteiger charge is 2.09. The Morgan fingerprint density at radius 1 is 0.538 bits per heavy atom. The van der Waals surface area contributed by atoms with Crippen LogP contribution in [-0.2, 0) is 0 Å². The molecule has 26 heavy (non-hydrogen) atoms. The fraction of sp³-hybridized carbons (Fsp3) is 0. The van der Waals surface area contributed by atoms with E-state index in [1.54, 1.807) is 6.07 Å². The van der Waals surface area contributed by atoms with Crippen LogP contribution in [0.1, 0.15) is 0 Å². The van der Waals surface area contributed by atoms with Gasteiger partial charge in [0, 0.05) is 10.8 Å². The predicted octanol–water partition coefficient (Wildman–Crippen LogP) is 2.93. The van der Waals surface area contributed by atoms with Gasteiger partial charge in [0.2, 0.25) is 5.43 Å². The number of fused-ring (bicyclic) bond motifs is 1. The van der Waals surface area contributed by atoms with Gasteiger partial charge in [0.1, 0.15) is 5.36 Å². The van der Waals surface area contributed by atoms with E-state index < -0.39 is 0 Å².